The van der Waals surface area contributed by atoms with E-state index >= 15 is 0 Å². The van der Waals surface area contributed by atoms with Crippen LogP contribution in [0.1, 0.15) is 55.9 Å². The van der Waals surface area contributed by atoms with Crippen molar-refractivity contribution in [2.75, 3.05) is 0 Å². The number of fused-ring (bicyclic) bond motifs is 4. The Morgan fingerprint density at radius 1 is 0.719 bits per heavy atom. The van der Waals surface area contributed by atoms with Crippen molar-refractivity contribution in [1.82, 2.24) is 0 Å². The van der Waals surface area contributed by atoms with Gasteiger partial charge in [-0.15, -0.1) is 0 Å². The third-order valence-corrected chi connectivity index (χ3v) is 12.9. The van der Waals surface area contributed by atoms with E-state index in [1.54, 1.807) is 15.5 Å². The molecular weight excluding hydrogens is 451 g/mol. The van der Waals surface area contributed by atoms with Crippen LogP contribution in [0.5, 0.6) is 0 Å². The topological polar surface area (TPSA) is 0 Å². The van der Waals surface area contributed by atoms with Gasteiger partial charge in [-0.3, -0.25) is 0 Å². The quantitative estimate of drug-likeness (QED) is 0.372. The molecule has 6 rings (SSSR count). The molecule has 1 spiro atoms. The molecule has 3 aromatic carbocycles. The molecule has 3 aliphatic rings. The van der Waals surface area contributed by atoms with Crippen molar-refractivity contribution in [2.24, 2.45) is 22.2 Å². The average Bonchev–Trinajstić information content (AvgIpc) is 3.34. The van der Waals surface area contributed by atoms with Crippen molar-refractivity contribution < 1.29 is 0 Å². The number of hydrogen-bond donors (Lipinski definition) is 0. The van der Waals surface area contributed by atoms with Gasteiger partial charge in [-0.2, -0.15) is 0 Å². The Kier molecular flexibility index (Phi) is 4.62. The average molecular weight is 484 g/mol. The normalized spacial score (nSPS) is 26.3. The van der Waals surface area contributed by atoms with Crippen LogP contribution >= 0.6 is 0 Å². The van der Waals surface area contributed by atoms with Gasteiger partial charge in [0.2, 0.25) is 0 Å². The Morgan fingerprint density at radius 3 is 1.75 bits per heavy atom. The Bertz CT molecular complexity index is 1180. The molecule has 162 valence electrons. The van der Waals surface area contributed by atoms with Crippen molar-refractivity contribution in [3.63, 3.8) is 0 Å². The van der Waals surface area contributed by atoms with Gasteiger partial charge in [0.25, 0.3) is 0 Å². The van der Waals surface area contributed by atoms with E-state index in [9.17, 15) is 0 Å². The Labute approximate surface area is 198 Å². The molecule has 0 heterocycles. The SMILES string of the molecule is CC12CCC(C3(Cc4ccccc4C3)C1=[Se]=C(c1ccccc1)c1ccccc1)C2(C)C. The first kappa shape index (κ1) is 20.5. The van der Waals surface area contributed by atoms with Crippen LogP contribution < -0.4 is 0 Å². The molecule has 0 radical (unpaired) electrons. The Balaban J connectivity index is 1.66. The fraction of sp³-hybridized carbons (Fsp3) is 0.355. The van der Waals surface area contributed by atoms with E-state index in [0.717, 1.165) is 5.92 Å². The van der Waals surface area contributed by atoms with E-state index in [1.165, 1.54) is 36.8 Å². The van der Waals surface area contributed by atoms with Crippen molar-refractivity contribution in [1.29, 1.82) is 0 Å². The second-order valence-electron chi connectivity index (χ2n) is 10.9. The standard InChI is InChI=1S/C31H32Se/c1-29(2)26-18-19-30(29,3)28(31(26)20-24-16-10-11-17-25(24)21-31)32-27(22-12-6-4-7-13-22)23-14-8-5-9-15-23/h4-17,26H,18-21H2,1-3H3. The summed E-state index contributed by atoms with van der Waals surface area (Å²) in [5, 5.41) is 0. The molecule has 0 aromatic heterocycles. The third kappa shape index (κ3) is 2.74. The second kappa shape index (κ2) is 7.21. The Morgan fingerprint density at radius 2 is 1.22 bits per heavy atom. The van der Waals surface area contributed by atoms with Gasteiger partial charge < -0.3 is 0 Å². The summed E-state index contributed by atoms with van der Waals surface area (Å²) >= 11 is 0.325. The first-order valence-electron chi connectivity index (χ1n) is 12.1. The molecular formula is C31H32Se. The minimum atomic E-state index is 0.325. The zero-order valence-electron chi connectivity index (χ0n) is 19.4. The number of hydrogen-bond acceptors (Lipinski definition) is 0. The van der Waals surface area contributed by atoms with Crippen LogP contribution in [0, 0.1) is 22.2 Å². The zero-order valence-corrected chi connectivity index (χ0v) is 21.1. The van der Waals surface area contributed by atoms with E-state index in [4.69, 9.17) is 0 Å². The van der Waals surface area contributed by atoms with Gasteiger partial charge in [0, 0.05) is 0 Å². The molecule has 1 heteroatoms. The molecule has 3 aromatic rings. The van der Waals surface area contributed by atoms with Gasteiger partial charge in [0.05, 0.1) is 0 Å². The van der Waals surface area contributed by atoms with E-state index < -0.39 is 0 Å². The summed E-state index contributed by atoms with van der Waals surface area (Å²) in [6, 6.07) is 31.7. The van der Waals surface area contributed by atoms with Crippen LogP contribution in [-0.4, -0.2) is 22.9 Å². The summed E-state index contributed by atoms with van der Waals surface area (Å²) < 4.78 is 3.46. The molecule has 2 unspecified atom stereocenters. The van der Waals surface area contributed by atoms with E-state index in [2.05, 4.69) is 106 Å². The predicted octanol–water partition coefficient (Wildman–Crippen LogP) is 6.37. The summed E-state index contributed by atoms with van der Waals surface area (Å²) in [5.41, 5.74) is 7.05. The Hall–Kier alpha value is -2.08. The summed E-state index contributed by atoms with van der Waals surface area (Å²) in [5.74, 6) is 0.789. The summed E-state index contributed by atoms with van der Waals surface area (Å²) in [4.78, 5) is 0. The maximum absolute atomic E-state index is 2.62. The van der Waals surface area contributed by atoms with Crippen molar-refractivity contribution >= 4 is 22.9 Å². The van der Waals surface area contributed by atoms with Crippen LogP contribution in [0.4, 0.5) is 0 Å². The summed E-state index contributed by atoms with van der Waals surface area (Å²) in [6.45, 7) is 7.79. The maximum atomic E-state index is 2.62. The van der Waals surface area contributed by atoms with E-state index in [1.807, 2.05) is 4.42 Å². The molecule has 0 saturated heterocycles. The molecule has 32 heavy (non-hydrogen) atoms. The van der Waals surface area contributed by atoms with Gasteiger partial charge in [-0.1, -0.05) is 0 Å². The van der Waals surface area contributed by atoms with Crippen LogP contribution in [0.25, 0.3) is 0 Å². The van der Waals surface area contributed by atoms with Gasteiger partial charge in [-0.05, 0) is 0 Å². The van der Waals surface area contributed by atoms with Gasteiger partial charge >= 0.3 is 199 Å². The summed E-state index contributed by atoms with van der Waals surface area (Å²) in [7, 11) is 0. The molecule has 2 fully saturated rings. The molecule has 0 nitrogen and oxygen atoms in total. The van der Waals surface area contributed by atoms with Crippen molar-refractivity contribution in [3.8, 4) is 0 Å². The first-order valence-corrected chi connectivity index (χ1v) is 13.8. The van der Waals surface area contributed by atoms with Gasteiger partial charge in [0.1, 0.15) is 0 Å². The van der Waals surface area contributed by atoms with Crippen molar-refractivity contribution in [2.45, 2.75) is 46.5 Å². The second-order valence-corrected chi connectivity index (χ2v) is 13.1. The van der Waals surface area contributed by atoms with E-state index in [-0.39, 0.29) is 0 Å². The predicted molar refractivity (Wildman–Crippen MR) is 138 cm³/mol. The van der Waals surface area contributed by atoms with Crippen LogP contribution in [0.3, 0.4) is 0 Å². The molecule has 0 amide bonds. The molecule has 2 bridgehead atoms. The summed E-state index contributed by atoms with van der Waals surface area (Å²) in [6.07, 6.45) is 5.25. The van der Waals surface area contributed by atoms with Crippen LogP contribution in [0.2, 0.25) is 0 Å². The number of benzene rings is 3. The molecule has 3 aliphatic carbocycles. The minimum absolute atomic E-state index is 0.325. The first-order chi connectivity index (χ1) is 15.5. The fourth-order valence-electron chi connectivity index (χ4n) is 7.41. The van der Waals surface area contributed by atoms with Gasteiger partial charge in [-0.25, -0.2) is 0 Å². The molecule has 2 saturated carbocycles. The van der Waals surface area contributed by atoms with Crippen LogP contribution in [-0.2, 0) is 12.8 Å². The van der Waals surface area contributed by atoms with Gasteiger partial charge in [0.15, 0.2) is 0 Å². The molecule has 0 N–H and O–H groups in total. The monoisotopic (exact) mass is 484 g/mol. The fourth-order valence-corrected chi connectivity index (χ4v) is 11.2. The van der Waals surface area contributed by atoms with Crippen LogP contribution in [0.15, 0.2) is 84.9 Å². The molecule has 2 atom stereocenters. The third-order valence-electron chi connectivity index (χ3n) is 9.25. The zero-order chi connectivity index (χ0) is 22.0. The molecule has 0 aliphatic heterocycles. The number of rotatable bonds is 2. The van der Waals surface area contributed by atoms with Crippen molar-refractivity contribution in [3.05, 3.63) is 107 Å². The van der Waals surface area contributed by atoms with E-state index in [0.29, 0.717) is 30.3 Å².